The molecule has 0 fully saturated rings. The van der Waals surface area contributed by atoms with E-state index < -0.39 is 11.9 Å². The molecule has 1 aromatic carbocycles. The van der Waals surface area contributed by atoms with Crippen LogP contribution in [0.4, 0.5) is 13.2 Å². The third-order valence-corrected chi connectivity index (χ3v) is 4.72. The van der Waals surface area contributed by atoms with Crippen molar-refractivity contribution in [1.29, 1.82) is 0 Å². The zero-order chi connectivity index (χ0) is 20.6. The van der Waals surface area contributed by atoms with E-state index in [0.717, 1.165) is 10.6 Å². The van der Waals surface area contributed by atoms with Gasteiger partial charge in [0.05, 0.1) is 27.5 Å². The zero-order valence-electron chi connectivity index (χ0n) is 14.4. The number of pyridine rings is 1. The Morgan fingerprint density at radius 2 is 1.79 bits per heavy atom. The van der Waals surface area contributed by atoms with Crippen molar-refractivity contribution >= 4 is 28.8 Å². The summed E-state index contributed by atoms with van der Waals surface area (Å²) >= 11 is 11.9. The van der Waals surface area contributed by atoms with Gasteiger partial charge in [0.1, 0.15) is 0 Å². The summed E-state index contributed by atoms with van der Waals surface area (Å²) in [4.78, 5) is 8.29. The van der Waals surface area contributed by atoms with Crippen molar-refractivity contribution < 1.29 is 13.2 Å². The summed E-state index contributed by atoms with van der Waals surface area (Å²) in [5.74, 6) is 5.66. The number of rotatable bonds is 1. The van der Waals surface area contributed by atoms with Gasteiger partial charge in [-0.3, -0.25) is 4.98 Å². The fourth-order valence-electron chi connectivity index (χ4n) is 2.63. The van der Waals surface area contributed by atoms with E-state index in [2.05, 4.69) is 26.9 Å². The van der Waals surface area contributed by atoms with Crippen LogP contribution >= 0.6 is 23.2 Å². The molecule has 0 aliphatic rings. The molecule has 4 rings (SSSR count). The Hall–Kier alpha value is -3.08. The molecule has 0 spiro atoms. The van der Waals surface area contributed by atoms with E-state index in [1.165, 1.54) is 18.3 Å². The number of benzene rings is 1. The molecule has 0 aliphatic heterocycles. The van der Waals surface area contributed by atoms with Crippen molar-refractivity contribution in [1.82, 2.24) is 19.6 Å². The van der Waals surface area contributed by atoms with Crippen LogP contribution in [0, 0.1) is 11.8 Å². The summed E-state index contributed by atoms with van der Waals surface area (Å²) in [6, 6.07) is 8.87. The number of halogens is 5. The summed E-state index contributed by atoms with van der Waals surface area (Å²) in [5, 5.41) is 4.34. The highest BCUT2D eigenvalue weighted by Gasteiger charge is 2.35. The molecule has 0 radical (unpaired) electrons. The largest absolute Gasteiger partial charge is 0.433 e. The lowest BCUT2D eigenvalue weighted by Gasteiger charge is -2.11. The fourth-order valence-corrected chi connectivity index (χ4v) is 2.93. The molecule has 9 heteroatoms. The Labute approximate surface area is 172 Å². The first-order valence-corrected chi connectivity index (χ1v) is 8.92. The Kier molecular flexibility index (Phi) is 4.91. The molecule has 0 aliphatic carbocycles. The minimum Gasteiger partial charge on any atom is -0.263 e. The first-order chi connectivity index (χ1) is 13.8. The maximum atomic E-state index is 13.6. The lowest BCUT2D eigenvalue weighted by molar-refractivity contribution is -0.142. The highest BCUT2D eigenvalue weighted by Crippen LogP contribution is 2.34. The number of fused-ring (bicyclic) bond motifs is 1. The number of hydrogen-bond donors (Lipinski definition) is 0. The number of hydrogen-bond acceptors (Lipinski definition) is 3. The van der Waals surface area contributed by atoms with E-state index in [9.17, 15) is 13.2 Å². The lowest BCUT2D eigenvalue weighted by atomic mass is 10.1. The van der Waals surface area contributed by atoms with Crippen LogP contribution in [0.3, 0.4) is 0 Å². The zero-order valence-corrected chi connectivity index (χ0v) is 15.9. The van der Waals surface area contributed by atoms with Gasteiger partial charge in [0.15, 0.2) is 11.3 Å². The monoisotopic (exact) mass is 432 g/mol. The molecule has 3 aromatic heterocycles. The van der Waals surface area contributed by atoms with Crippen LogP contribution < -0.4 is 0 Å². The van der Waals surface area contributed by atoms with E-state index in [4.69, 9.17) is 23.2 Å². The van der Waals surface area contributed by atoms with Crippen LogP contribution in [0.5, 0.6) is 0 Å². The highest BCUT2D eigenvalue weighted by atomic mass is 35.5. The van der Waals surface area contributed by atoms with E-state index in [1.807, 2.05) is 0 Å². The van der Waals surface area contributed by atoms with Crippen LogP contribution in [0.2, 0.25) is 10.0 Å². The molecule has 144 valence electrons. The Morgan fingerprint density at radius 3 is 2.48 bits per heavy atom. The van der Waals surface area contributed by atoms with Gasteiger partial charge in [0.2, 0.25) is 0 Å². The second-order valence-corrected chi connectivity index (χ2v) is 6.75. The molecular formula is C20H9Cl2F3N4. The van der Waals surface area contributed by atoms with E-state index in [-0.39, 0.29) is 21.9 Å². The van der Waals surface area contributed by atoms with Gasteiger partial charge in [-0.05, 0) is 30.3 Å². The minimum absolute atomic E-state index is 0.0164. The molecule has 0 N–H and O–H groups in total. The third-order valence-electron chi connectivity index (χ3n) is 3.98. The number of alkyl halides is 3. The predicted octanol–water partition coefficient (Wildman–Crippen LogP) is 5.52. The molecule has 4 nitrogen and oxygen atoms in total. The standard InChI is InChI=1S/C20H9Cl2F3N4/c21-15-6-5-13(8-16(15)22)17-9-18(20(23,24)25)29-19(28-17)14(11-27-29)4-3-12-2-1-7-26-10-12/h1-2,5-11H. The van der Waals surface area contributed by atoms with Gasteiger partial charge in [-0.2, -0.15) is 18.3 Å². The SMILES string of the molecule is FC(F)(F)c1cc(-c2ccc(Cl)c(Cl)c2)nc2c(C#Cc3cccnc3)cnn12. The van der Waals surface area contributed by atoms with Gasteiger partial charge in [-0.1, -0.05) is 41.1 Å². The molecule has 0 amide bonds. The van der Waals surface area contributed by atoms with E-state index in [1.54, 1.807) is 30.6 Å². The van der Waals surface area contributed by atoms with Crippen molar-refractivity contribution in [2.45, 2.75) is 6.18 Å². The number of nitrogens with zero attached hydrogens (tertiary/aromatic N) is 4. The smallest absolute Gasteiger partial charge is 0.263 e. The fraction of sp³-hybridized carbons (Fsp3) is 0.0500. The molecule has 29 heavy (non-hydrogen) atoms. The van der Waals surface area contributed by atoms with E-state index in [0.29, 0.717) is 16.1 Å². The van der Waals surface area contributed by atoms with Gasteiger partial charge in [0, 0.05) is 23.5 Å². The molecule has 0 bridgehead atoms. The van der Waals surface area contributed by atoms with Crippen LogP contribution in [-0.4, -0.2) is 19.6 Å². The van der Waals surface area contributed by atoms with Crippen LogP contribution in [0.1, 0.15) is 16.8 Å². The summed E-state index contributed by atoms with van der Waals surface area (Å²) in [6.45, 7) is 0. The first kappa shape index (κ1) is 19.2. The van der Waals surface area contributed by atoms with Crippen LogP contribution in [-0.2, 0) is 6.18 Å². The second-order valence-electron chi connectivity index (χ2n) is 5.94. The first-order valence-electron chi connectivity index (χ1n) is 8.16. The van der Waals surface area contributed by atoms with Gasteiger partial charge in [-0.25, -0.2) is 9.50 Å². The number of aromatic nitrogens is 4. The van der Waals surface area contributed by atoms with E-state index >= 15 is 0 Å². The average molecular weight is 433 g/mol. The van der Waals surface area contributed by atoms with Gasteiger partial charge >= 0.3 is 6.18 Å². The lowest BCUT2D eigenvalue weighted by Crippen LogP contribution is -2.13. The predicted molar refractivity (Wildman–Crippen MR) is 104 cm³/mol. The topological polar surface area (TPSA) is 43.1 Å². The summed E-state index contributed by atoms with van der Waals surface area (Å²) in [6.07, 6.45) is -0.249. The second kappa shape index (κ2) is 7.39. The van der Waals surface area contributed by atoms with Crippen molar-refractivity contribution in [3.63, 3.8) is 0 Å². The van der Waals surface area contributed by atoms with Crippen molar-refractivity contribution in [2.24, 2.45) is 0 Å². The van der Waals surface area contributed by atoms with Crippen LogP contribution in [0.25, 0.3) is 16.9 Å². The summed E-state index contributed by atoms with van der Waals surface area (Å²) in [5.41, 5.74) is 0.341. The summed E-state index contributed by atoms with van der Waals surface area (Å²) in [7, 11) is 0. The Bertz CT molecular complexity index is 1270. The maximum Gasteiger partial charge on any atom is 0.433 e. The van der Waals surface area contributed by atoms with Crippen molar-refractivity contribution in [2.75, 3.05) is 0 Å². The van der Waals surface area contributed by atoms with Gasteiger partial charge < -0.3 is 0 Å². The maximum absolute atomic E-state index is 13.6. The molecule has 3 heterocycles. The Balaban J connectivity index is 1.92. The normalized spacial score (nSPS) is 11.3. The molecule has 4 aromatic rings. The van der Waals surface area contributed by atoms with Gasteiger partial charge in [-0.15, -0.1) is 0 Å². The van der Waals surface area contributed by atoms with Crippen LogP contribution in [0.15, 0.2) is 55.0 Å². The molecule has 0 saturated heterocycles. The summed E-state index contributed by atoms with van der Waals surface area (Å²) < 4.78 is 41.6. The van der Waals surface area contributed by atoms with Crippen molar-refractivity contribution in [3.05, 3.63) is 81.9 Å². The molecule has 0 unspecified atom stereocenters. The average Bonchev–Trinajstić information content (AvgIpc) is 3.10. The van der Waals surface area contributed by atoms with Gasteiger partial charge in [0.25, 0.3) is 0 Å². The minimum atomic E-state index is -4.65. The molecule has 0 atom stereocenters. The quantitative estimate of drug-likeness (QED) is 0.372. The van der Waals surface area contributed by atoms with Crippen molar-refractivity contribution in [3.8, 4) is 23.1 Å². The third kappa shape index (κ3) is 3.90. The Morgan fingerprint density at radius 1 is 0.966 bits per heavy atom. The highest BCUT2D eigenvalue weighted by molar-refractivity contribution is 6.42. The molecular weight excluding hydrogens is 424 g/mol. The molecule has 0 saturated carbocycles.